The van der Waals surface area contributed by atoms with Gasteiger partial charge in [0, 0.05) is 28.5 Å². The quantitative estimate of drug-likeness (QED) is 0.519. The standard InChI is InChI=1S/C24H20N2/c1-3-9-18(10-4-1)17-26-16-15-21-20-13-7-8-14-22(20)25-23(21)24(26)19-11-5-2-6-12-19/h1-14H,15-17H2/p+1. The molecule has 5 rings (SSSR count). The molecule has 0 amide bonds. The van der Waals surface area contributed by atoms with Gasteiger partial charge in [0.2, 0.25) is 5.71 Å². The van der Waals surface area contributed by atoms with E-state index in [1.165, 1.54) is 39.0 Å². The average Bonchev–Trinajstić information content (AvgIpc) is 3.08. The average molecular weight is 337 g/mol. The molecular weight excluding hydrogens is 316 g/mol. The first-order valence-corrected chi connectivity index (χ1v) is 9.21. The molecule has 2 heterocycles. The fraction of sp³-hybridized carbons (Fsp3) is 0.125. The summed E-state index contributed by atoms with van der Waals surface area (Å²) in [6, 6.07) is 30.2. The monoisotopic (exact) mass is 337 g/mol. The predicted octanol–water partition coefficient (Wildman–Crippen LogP) is 4.77. The number of H-pyrrole nitrogens is 1. The molecule has 0 aliphatic carbocycles. The number of hydrogen-bond donors (Lipinski definition) is 1. The second-order valence-corrected chi connectivity index (χ2v) is 6.90. The van der Waals surface area contributed by atoms with E-state index in [4.69, 9.17) is 0 Å². The molecule has 0 atom stereocenters. The van der Waals surface area contributed by atoms with Crippen LogP contribution in [-0.2, 0) is 13.0 Å². The third kappa shape index (κ3) is 2.55. The Morgan fingerprint density at radius 1 is 0.769 bits per heavy atom. The number of aromatic nitrogens is 1. The second kappa shape index (κ2) is 6.30. The number of nitrogens with zero attached hydrogens (tertiary/aromatic N) is 1. The summed E-state index contributed by atoms with van der Waals surface area (Å²) in [5, 5.41) is 1.36. The van der Waals surface area contributed by atoms with Crippen LogP contribution in [0.5, 0.6) is 0 Å². The lowest BCUT2D eigenvalue weighted by Crippen LogP contribution is -2.30. The summed E-state index contributed by atoms with van der Waals surface area (Å²) in [4.78, 5) is 3.70. The van der Waals surface area contributed by atoms with Crippen LogP contribution in [0.4, 0.5) is 0 Å². The third-order valence-corrected chi connectivity index (χ3v) is 5.26. The van der Waals surface area contributed by atoms with Gasteiger partial charge in [-0.1, -0.05) is 66.7 Å². The van der Waals surface area contributed by atoms with Crippen LogP contribution in [0.3, 0.4) is 0 Å². The van der Waals surface area contributed by atoms with Gasteiger partial charge in [-0.05, 0) is 23.8 Å². The van der Waals surface area contributed by atoms with Crippen molar-refractivity contribution in [1.29, 1.82) is 0 Å². The molecule has 0 unspecified atom stereocenters. The Morgan fingerprint density at radius 2 is 1.46 bits per heavy atom. The van der Waals surface area contributed by atoms with Crippen molar-refractivity contribution >= 4 is 16.6 Å². The molecule has 0 bridgehead atoms. The SMILES string of the molecule is c1ccc(C[N+]2=C(c3ccccc3)c3[nH]c4ccccc4c3CC2)cc1. The first-order chi connectivity index (χ1) is 12.9. The molecule has 0 saturated heterocycles. The van der Waals surface area contributed by atoms with E-state index in [0.29, 0.717) is 0 Å². The predicted molar refractivity (Wildman–Crippen MR) is 107 cm³/mol. The zero-order chi connectivity index (χ0) is 17.3. The largest absolute Gasteiger partial charge is 0.349 e. The van der Waals surface area contributed by atoms with E-state index in [1.807, 2.05) is 0 Å². The summed E-state index contributed by atoms with van der Waals surface area (Å²) in [6.45, 7) is 1.97. The van der Waals surface area contributed by atoms with Gasteiger partial charge >= 0.3 is 0 Å². The van der Waals surface area contributed by atoms with Crippen LogP contribution in [0.1, 0.15) is 22.4 Å². The van der Waals surface area contributed by atoms with E-state index >= 15 is 0 Å². The van der Waals surface area contributed by atoms with Crippen molar-refractivity contribution in [3.8, 4) is 0 Å². The molecule has 0 fully saturated rings. The van der Waals surface area contributed by atoms with Crippen molar-refractivity contribution in [3.05, 3.63) is 107 Å². The highest BCUT2D eigenvalue weighted by Gasteiger charge is 2.30. The molecule has 3 aromatic carbocycles. The van der Waals surface area contributed by atoms with Gasteiger partial charge in [-0.2, -0.15) is 0 Å². The van der Waals surface area contributed by atoms with Crippen molar-refractivity contribution in [2.24, 2.45) is 0 Å². The van der Waals surface area contributed by atoms with E-state index < -0.39 is 0 Å². The van der Waals surface area contributed by atoms with E-state index in [1.54, 1.807) is 0 Å². The number of nitrogens with one attached hydrogen (secondary N) is 1. The second-order valence-electron chi connectivity index (χ2n) is 6.90. The maximum Gasteiger partial charge on any atom is 0.231 e. The molecule has 0 spiro atoms. The van der Waals surface area contributed by atoms with Crippen LogP contribution in [0.25, 0.3) is 10.9 Å². The van der Waals surface area contributed by atoms with E-state index in [9.17, 15) is 0 Å². The first kappa shape index (κ1) is 15.2. The molecule has 2 heteroatoms. The Kier molecular flexibility index (Phi) is 3.67. The van der Waals surface area contributed by atoms with Crippen LogP contribution in [-0.4, -0.2) is 21.8 Å². The van der Waals surface area contributed by atoms with Gasteiger partial charge in [-0.15, -0.1) is 0 Å². The zero-order valence-electron chi connectivity index (χ0n) is 14.7. The molecular formula is C24H21N2+. The number of para-hydroxylation sites is 1. The topological polar surface area (TPSA) is 18.8 Å². The minimum atomic E-state index is 0.930. The number of fused-ring (bicyclic) bond motifs is 3. The van der Waals surface area contributed by atoms with E-state index in [-0.39, 0.29) is 0 Å². The van der Waals surface area contributed by atoms with Gasteiger partial charge < -0.3 is 4.98 Å². The molecule has 2 nitrogen and oxygen atoms in total. The van der Waals surface area contributed by atoms with Crippen LogP contribution in [0, 0.1) is 0 Å². The Labute approximate surface area is 153 Å². The third-order valence-electron chi connectivity index (χ3n) is 5.26. The molecule has 1 aliphatic rings. The molecule has 4 aromatic rings. The molecule has 26 heavy (non-hydrogen) atoms. The van der Waals surface area contributed by atoms with Gasteiger partial charge in [-0.25, -0.2) is 4.58 Å². The number of aromatic amines is 1. The fourth-order valence-corrected chi connectivity index (χ4v) is 4.06. The fourth-order valence-electron chi connectivity index (χ4n) is 4.06. The lowest BCUT2D eigenvalue weighted by molar-refractivity contribution is -0.544. The minimum Gasteiger partial charge on any atom is -0.349 e. The summed E-state index contributed by atoms with van der Waals surface area (Å²) in [6.07, 6.45) is 1.07. The van der Waals surface area contributed by atoms with Gasteiger partial charge in [0.15, 0.2) is 6.54 Å². The van der Waals surface area contributed by atoms with Gasteiger partial charge in [0.25, 0.3) is 0 Å². The van der Waals surface area contributed by atoms with Crippen molar-refractivity contribution < 1.29 is 4.58 Å². The highest BCUT2D eigenvalue weighted by molar-refractivity contribution is 6.12. The molecule has 126 valence electrons. The minimum absolute atomic E-state index is 0.930. The Balaban J connectivity index is 1.72. The summed E-state index contributed by atoms with van der Waals surface area (Å²) in [5.74, 6) is 0. The number of hydrogen-bond acceptors (Lipinski definition) is 0. The Hall–Kier alpha value is -3.13. The number of rotatable bonds is 3. The Bertz CT molecular complexity index is 1090. The molecule has 0 saturated carbocycles. The van der Waals surface area contributed by atoms with E-state index in [2.05, 4.69) is 94.5 Å². The lowest BCUT2D eigenvalue weighted by Gasteiger charge is -2.16. The molecule has 0 radical (unpaired) electrons. The van der Waals surface area contributed by atoms with Crippen molar-refractivity contribution in [3.63, 3.8) is 0 Å². The summed E-state index contributed by atoms with van der Waals surface area (Å²) >= 11 is 0. The first-order valence-electron chi connectivity index (χ1n) is 9.21. The van der Waals surface area contributed by atoms with Crippen molar-refractivity contribution in [1.82, 2.24) is 4.98 Å². The van der Waals surface area contributed by atoms with Crippen LogP contribution >= 0.6 is 0 Å². The highest BCUT2D eigenvalue weighted by Crippen LogP contribution is 2.28. The van der Waals surface area contributed by atoms with E-state index in [0.717, 1.165) is 19.5 Å². The van der Waals surface area contributed by atoms with Crippen LogP contribution < -0.4 is 0 Å². The van der Waals surface area contributed by atoms with Crippen molar-refractivity contribution in [2.45, 2.75) is 13.0 Å². The highest BCUT2D eigenvalue weighted by atomic mass is 15.0. The van der Waals surface area contributed by atoms with Crippen LogP contribution in [0.2, 0.25) is 0 Å². The molecule has 1 aromatic heterocycles. The summed E-state index contributed by atoms with van der Waals surface area (Å²) in [5.41, 5.74) is 7.89. The summed E-state index contributed by atoms with van der Waals surface area (Å²) in [7, 11) is 0. The maximum absolute atomic E-state index is 3.70. The Morgan fingerprint density at radius 3 is 2.27 bits per heavy atom. The maximum atomic E-state index is 3.70. The number of benzene rings is 3. The zero-order valence-corrected chi connectivity index (χ0v) is 14.7. The van der Waals surface area contributed by atoms with Crippen LogP contribution in [0.15, 0.2) is 84.9 Å². The molecule has 1 N–H and O–H groups in total. The van der Waals surface area contributed by atoms with Gasteiger partial charge in [0.05, 0.1) is 0 Å². The summed E-state index contributed by atoms with van der Waals surface area (Å²) < 4.78 is 2.52. The normalized spacial score (nSPS) is 13.8. The smallest absolute Gasteiger partial charge is 0.231 e. The molecule has 1 aliphatic heterocycles. The lowest BCUT2D eigenvalue weighted by atomic mass is 9.96. The van der Waals surface area contributed by atoms with Crippen molar-refractivity contribution in [2.75, 3.05) is 6.54 Å². The van der Waals surface area contributed by atoms with Gasteiger partial charge in [0.1, 0.15) is 12.2 Å². The van der Waals surface area contributed by atoms with Gasteiger partial charge in [-0.3, -0.25) is 0 Å².